The highest BCUT2D eigenvalue weighted by molar-refractivity contribution is 7.99. The van der Waals surface area contributed by atoms with E-state index in [0.717, 1.165) is 5.56 Å². The summed E-state index contributed by atoms with van der Waals surface area (Å²) >= 11 is 1.54. The molecule has 0 heterocycles. The van der Waals surface area contributed by atoms with Crippen LogP contribution in [0.2, 0.25) is 0 Å². The molecule has 0 aliphatic rings. The van der Waals surface area contributed by atoms with Gasteiger partial charge in [-0.2, -0.15) is 11.8 Å². The molecule has 3 atom stereocenters. The molecule has 4 N–H and O–H groups in total. The number of benzene rings is 1. The van der Waals surface area contributed by atoms with E-state index in [1.807, 2.05) is 43.5 Å². The van der Waals surface area contributed by atoms with Crippen LogP contribution in [0.15, 0.2) is 30.3 Å². The summed E-state index contributed by atoms with van der Waals surface area (Å²) in [5, 5.41) is 12.2. The molecule has 0 spiro atoms. The lowest BCUT2D eigenvalue weighted by Gasteiger charge is -2.24. The third kappa shape index (κ3) is 4.53. The zero-order valence-electron chi connectivity index (χ0n) is 11.4. The number of amides is 1. The zero-order valence-corrected chi connectivity index (χ0v) is 12.2. The number of carbonyl (C=O) groups is 1. The Labute approximate surface area is 118 Å². The van der Waals surface area contributed by atoms with E-state index in [0.29, 0.717) is 0 Å². The Morgan fingerprint density at radius 3 is 2.53 bits per heavy atom. The normalized spacial score (nSPS) is 15.6. The second-order valence-electron chi connectivity index (χ2n) is 4.45. The SMILES string of the molecule is CSC(CO)C(C)NC(=O)C(CN)c1ccccc1. The fourth-order valence-electron chi connectivity index (χ4n) is 1.93. The largest absolute Gasteiger partial charge is 0.395 e. The van der Waals surface area contributed by atoms with Crippen molar-refractivity contribution >= 4 is 17.7 Å². The van der Waals surface area contributed by atoms with Gasteiger partial charge in [-0.25, -0.2) is 0 Å². The van der Waals surface area contributed by atoms with E-state index in [1.54, 1.807) is 0 Å². The molecular weight excluding hydrogens is 260 g/mol. The van der Waals surface area contributed by atoms with Crippen molar-refractivity contribution in [3.05, 3.63) is 35.9 Å². The summed E-state index contributed by atoms with van der Waals surface area (Å²) in [6.07, 6.45) is 1.92. The summed E-state index contributed by atoms with van der Waals surface area (Å²) in [6.45, 7) is 2.21. The summed E-state index contributed by atoms with van der Waals surface area (Å²) < 4.78 is 0. The minimum Gasteiger partial charge on any atom is -0.395 e. The first kappa shape index (κ1) is 16.0. The molecule has 0 aliphatic heterocycles. The first-order chi connectivity index (χ1) is 9.13. The van der Waals surface area contributed by atoms with Crippen molar-refractivity contribution in [1.82, 2.24) is 5.32 Å². The van der Waals surface area contributed by atoms with Gasteiger partial charge in [0, 0.05) is 17.8 Å². The Hall–Kier alpha value is -1.04. The lowest BCUT2D eigenvalue weighted by atomic mass is 9.98. The minimum atomic E-state index is -0.343. The highest BCUT2D eigenvalue weighted by atomic mass is 32.2. The summed E-state index contributed by atoms with van der Waals surface area (Å²) in [5.74, 6) is -0.432. The van der Waals surface area contributed by atoms with Gasteiger partial charge >= 0.3 is 0 Å². The smallest absolute Gasteiger partial charge is 0.229 e. The molecule has 0 fully saturated rings. The van der Waals surface area contributed by atoms with Crippen molar-refractivity contribution in [3.8, 4) is 0 Å². The molecule has 0 saturated carbocycles. The molecule has 0 aliphatic carbocycles. The Bertz CT molecular complexity index is 382. The number of hydrogen-bond donors (Lipinski definition) is 3. The van der Waals surface area contributed by atoms with E-state index in [4.69, 9.17) is 5.73 Å². The molecule has 19 heavy (non-hydrogen) atoms. The average molecular weight is 282 g/mol. The topological polar surface area (TPSA) is 75.3 Å². The van der Waals surface area contributed by atoms with Crippen molar-refractivity contribution in [1.29, 1.82) is 0 Å². The maximum absolute atomic E-state index is 12.2. The third-order valence-corrected chi connectivity index (χ3v) is 4.33. The summed E-state index contributed by atoms with van der Waals surface area (Å²) in [7, 11) is 0. The molecule has 4 nitrogen and oxygen atoms in total. The van der Waals surface area contributed by atoms with Gasteiger partial charge in [0.25, 0.3) is 0 Å². The van der Waals surface area contributed by atoms with Gasteiger partial charge in [-0.15, -0.1) is 0 Å². The van der Waals surface area contributed by atoms with Crippen molar-refractivity contribution in [3.63, 3.8) is 0 Å². The number of aliphatic hydroxyl groups is 1. The first-order valence-electron chi connectivity index (χ1n) is 6.33. The van der Waals surface area contributed by atoms with Crippen LogP contribution in [0.4, 0.5) is 0 Å². The lowest BCUT2D eigenvalue weighted by molar-refractivity contribution is -0.123. The van der Waals surface area contributed by atoms with Crippen LogP contribution in [0.5, 0.6) is 0 Å². The molecule has 0 aromatic heterocycles. The van der Waals surface area contributed by atoms with Crippen molar-refractivity contribution in [2.45, 2.75) is 24.1 Å². The number of rotatable bonds is 7. The monoisotopic (exact) mass is 282 g/mol. The molecule has 106 valence electrons. The minimum absolute atomic E-state index is 0.00171. The molecule has 1 amide bonds. The Morgan fingerprint density at radius 2 is 2.05 bits per heavy atom. The van der Waals surface area contributed by atoms with Gasteiger partial charge in [-0.1, -0.05) is 30.3 Å². The Balaban J connectivity index is 2.70. The molecule has 1 aromatic rings. The first-order valence-corrected chi connectivity index (χ1v) is 7.61. The summed E-state index contributed by atoms with van der Waals surface area (Å²) in [4.78, 5) is 12.2. The van der Waals surface area contributed by atoms with Crippen LogP contribution in [0.1, 0.15) is 18.4 Å². The average Bonchev–Trinajstić information content (AvgIpc) is 2.42. The van der Waals surface area contributed by atoms with Crippen LogP contribution in [-0.2, 0) is 4.79 Å². The molecule has 0 radical (unpaired) electrons. The second kappa shape index (κ2) is 8.19. The van der Waals surface area contributed by atoms with E-state index < -0.39 is 0 Å². The van der Waals surface area contributed by atoms with E-state index in [9.17, 15) is 9.90 Å². The highest BCUT2D eigenvalue weighted by Crippen LogP contribution is 2.16. The zero-order chi connectivity index (χ0) is 14.3. The molecule has 3 unspecified atom stereocenters. The number of thioether (sulfide) groups is 1. The quantitative estimate of drug-likeness (QED) is 0.696. The molecule has 0 saturated heterocycles. The van der Waals surface area contributed by atoms with Gasteiger partial charge in [-0.05, 0) is 18.7 Å². The third-order valence-electron chi connectivity index (χ3n) is 3.16. The standard InChI is InChI=1S/C14H22N2O2S/c1-10(13(9-17)19-2)16-14(18)12(8-15)11-6-4-3-5-7-11/h3-7,10,12-13,17H,8-9,15H2,1-2H3,(H,16,18). The van der Waals surface area contributed by atoms with Gasteiger partial charge in [0.05, 0.1) is 12.5 Å². The van der Waals surface area contributed by atoms with E-state index >= 15 is 0 Å². The van der Waals surface area contributed by atoms with Crippen LogP contribution in [-0.4, -0.2) is 41.7 Å². The van der Waals surface area contributed by atoms with Gasteiger partial charge in [0.15, 0.2) is 0 Å². The van der Waals surface area contributed by atoms with Crippen LogP contribution in [0.25, 0.3) is 0 Å². The van der Waals surface area contributed by atoms with Crippen LogP contribution in [0, 0.1) is 0 Å². The summed E-state index contributed by atoms with van der Waals surface area (Å²) in [5.41, 5.74) is 6.62. The predicted molar refractivity (Wildman–Crippen MR) is 80.2 cm³/mol. The number of aliphatic hydroxyl groups excluding tert-OH is 1. The number of carbonyl (C=O) groups excluding carboxylic acids is 1. The maximum atomic E-state index is 12.2. The van der Waals surface area contributed by atoms with Crippen molar-refractivity contribution in [2.24, 2.45) is 5.73 Å². The highest BCUT2D eigenvalue weighted by Gasteiger charge is 2.23. The number of hydrogen-bond acceptors (Lipinski definition) is 4. The molecule has 5 heteroatoms. The molecule has 1 aromatic carbocycles. The van der Waals surface area contributed by atoms with Gasteiger partial charge in [0.2, 0.25) is 5.91 Å². The maximum Gasteiger partial charge on any atom is 0.229 e. The lowest BCUT2D eigenvalue weighted by Crippen LogP contribution is -2.44. The van der Waals surface area contributed by atoms with Gasteiger partial charge in [0.1, 0.15) is 0 Å². The molecule has 1 rings (SSSR count). The number of nitrogens with two attached hydrogens (primary N) is 1. The van der Waals surface area contributed by atoms with Crippen LogP contribution in [0.3, 0.4) is 0 Å². The molecular formula is C14H22N2O2S. The Morgan fingerprint density at radius 1 is 1.42 bits per heavy atom. The summed E-state index contributed by atoms with van der Waals surface area (Å²) in [6, 6.07) is 9.41. The van der Waals surface area contributed by atoms with Gasteiger partial charge < -0.3 is 16.2 Å². The fourth-order valence-corrected chi connectivity index (χ4v) is 2.56. The van der Waals surface area contributed by atoms with Crippen LogP contribution >= 0.6 is 11.8 Å². The van der Waals surface area contributed by atoms with E-state index in [1.165, 1.54) is 11.8 Å². The van der Waals surface area contributed by atoms with E-state index in [-0.39, 0.29) is 36.3 Å². The fraction of sp³-hybridized carbons (Fsp3) is 0.500. The second-order valence-corrected chi connectivity index (χ2v) is 5.53. The number of nitrogens with one attached hydrogen (secondary N) is 1. The van der Waals surface area contributed by atoms with Crippen molar-refractivity contribution < 1.29 is 9.90 Å². The van der Waals surface area contributed by atoms with Gasteiger partial charge in [-0.3, -0.25) is 4.79 Å². The Kier molecular flexibility index (Phi) is 6.91. The molecule has 0 bridgehead atoms. The van der Waals surface area contributed by atoms with Crippen molar-refractivity contribution in [2.75, 3.05) is 19.4 Å². The van der Waals surface area contributed by atoms with E-state index in [2.05, 4.69) is 5.32 Å². The van der Waals surface area contributed by atoms with Crippen LogP contribution < -0.4 is 11.1 Å². The predicted octanol–water partition coefficient (Wildman–Crippen LogP) is 0.958.